The molecule has 0 atom stereocenters. The Morgan fingerprint density at radius 2 is 1.10 bits per heavy atom. The minimum atomic E-state index is 1.22. The van der Waals surface area contributed by atoms with E-state index < -0.39 is 0 Å². The van der Waals surface area contributed by atoms with Gasteiger partial charge in [0.15, 0.2) is 0 Å². The molecular weight excluding hydrogens is 360 g/mol. The summed E-state index contributed by atoms with van der Waals surface area (Å²) >= 11 is 0. The SMILES string of the molecule is c1cc(-c2ccc3c(c2)CC3)cc(-c2ccc3ccc4cccc5ccc2c3c45)c1. The highest BCUT2D eigenvalue weighted by Gasteiger charge is 2.15. The average Bonchev–Trinajstić information content (AvgIpc) is 2.78. The Hall–Kier alpha value is -3.64. The van der Waals surface area contributed by atoms with Gasteiger partial charge < -0.3 is 0 Å². The summed E-state index contributed by atoms with van der Waals surface area (Å²) in [7, 11) is 0. The van der Waals surface area contributed by atoms with E-state index in [4.69, 9.17) is 0 Å². The maximum Gasteiger partial charge on any atom is -0.00206 e. The topological polar surface area (TPSA) is 0 Å². The van der Waals surface area contributed by atoms with Gasteiger partial charge in [0.25, 0.3) is 0 Å². The molecule has 140 valence electrons. The predicted octanol–water partition coefficient (Wildman–Crippen LogP) is 8.02. The number of aryl methyl sites for hydroxylation is 2. The van der Waals surface area contributed by atoms with Crippen LogP contribution in [0.2, 0.25) is 0 Å². The van der Waals surface area contributed by atoms with E-state index in [-0.39, 0.29) is 0 Å². The number of hydrogen-bond acceptors (Lipinski definition) is 0. The lowest BCUT2D eigenvalue weighted by Crippen LogP contribution is -2.07. The number of hydrogen-bond donors (Lipinski definition) is 0. The molecule has 7 rings (SSSR count). The summed E-state index contributed by atoms with van der Waals surface area (Å²) < 4.78 is 0. The van der Waals surface area contributed by atoms with Gasteiger partial charge in [0.1, 0.15) is 0 Å². The van der Waals surface area contributed by atoms with E-state index in [1.807, 2.05) is 0 Å². The van der Waals surface area contributed by atoms with Crippen LogP contribution in [0.5, 0.6) is 0 Å². The Morgan fingerprint density at radius 3 is 1.90 bits per heavy atom. The van der Waals surface area contributed by atoms with Gasteiger partial charge in [-0.1, -0.05) is 91.0 Å². The molecule has 0 nitrogen and oxygen atoms in total. The van der Waals surface area contributed by atoms with Crippen molar-refractivity contribution >= 4 is 32.3 Å². The van der Waals surface area contributed by atoms with Gasteiger partial charge in [0.2, 0.25) is 0 Å². The Labute approximate surface area is 175 Å². The van der Waals surface area contributed by atoms with Crippen molar-refractivity contribution in [2.45, 2.75) is 12.8 Å². The zero-order chi connectivity index (χ0) is 19.7. The highest BCUT2D eigenvalue weighted by atomic mass is 14.2. The molecule has 0 aromatic heterocycles. The molecule has 0 saturated carbocycles. The molecule has 0 heterocycles. The molecule has 0 amide bonds. The normalized spacial score (nSPS) is 13.1. The minimum Gasteiger partial charge on any atom is -0.0610 e. The molecule has 0 bridgehead atoms. The molecule has 1 aliphatic rings. The monoisotopic (exact) mass is 380 g/mol. The van der Waals surface area contributed by atoms with Gasteiger partial charge in [-0.2, -0.15) is 0 Å². The molecule has 0 heteroatoms. The predicted molar refractivity (Wildman–Crippen MR) is 128 cm³/mol. The van der Waals surface area contributed by atoms with Crippen LogP contribution >= 0.6 is 0 Å². The summed E-state index contributed by atoms with van der Waals surface area (Å²) in [6.45, 7) is 0. The standard InChI is InChI=1S/C30H20/c1-3-20-9-10-22-13-15-27(28-16-14-21(4-1)29(20)30(22)28)26-6-2-5-23(18-26)25-12-8-19-7-11-24(19)17-25/h1-6,8-10,12-18H,7,11H2. The van der Waals surface area contributed by atoms with Crippen LogP contribution in [-0.4, -0.2) is 0 Å². The van der Waals surface area contributed by atoms with E-state index in [2.05, 4.69) is 97.1 Å². The lowest BCUT2D eigenvalue weighted by molar-refractivity contribution is 0.840. The van der Waals surface area contributed by atoms with Crippen molar-refractivity contribution in [1.29, 1.82) is 0 Å². The molecule has 1 aliphatic carbocycles. The average molecular weight is 380 g/mol. The first-order valence-electron chi connectivity index (χ1n) is 10.7. The molecule has 0 aliphatic heterocycles. The van der Waals surface area contributed by atoms with Gasteiger partial charge in [0, 0.05) is 0 Å². The first-order valence-corrected chi connectivity index (χ1v) is 10.7. The quantitative estimate of drug-likeness (QED) is 0.267. The number of rotatable bonds is 2. The molecular formula is C30H20. The van der Waals surface area contributed by atoms with Crippen molar-refractivity contribution in [3.05, 3.63) is 108 Å². The van der Waals surface area contributed by atoms with Gasteiger partial charge in [0.05, 0.1) is 0 Å². The fourth-order valence-corrected chi connectivity index (χ4v) is 5.23. The second-order valence-corrected chi connectivity index (χ2v) is 8.53. The third-order valence-electron chi connectivity index (χ3n) is 6.91. The van der Waals surface area contributed by atoms with E-state index in [1.165, 1.54) is 78.5 Å². The van der Waals surface area contributed by atoms with Crippen LogP contribution in [0.4, 0.5) is 0 Å². The second-order valence-electron chi connectivity index (χ2n) is 8.53. The lowest BCUT2D eigenvalue weighted by Gasteiger charge is -2.19. The zero-order valence-corrected chi connectivity index (χ0v) is 16.7. The fraction of sp³-hybridized carbons (Fsp3) is 0.0667. The highest BCUT2D eigenvalue weighted by molar-refractivity contribution is 6.25. The minimum absolute atomic E-state index is 1.22. The number of benzene rings is 6. The maximum absolute atomic E-state index is 2.38. The Kier molecular flexibility index (Phi) is 3.20. The first kappa shape index (κ1) is 16.2. The largest absolute Gasteiger partial charge is 0.0610 e. The van der Waals surface area contributed by atoms with Crippen LogP contribution in [0.15, 0.2) is 97.1 Å². The zero-order valence-electron chi connectivity index (χ0n) is 16.7. The van der Waals surface area contributed by atoms with Crippen LogP contribution in [0.3, 0.4) is 0 Å². The van der Waals surface area contributed by atoms with Crippen molar-refractivity contribution < 1.29 is 0 Å². The molecule has 6 aromatic rings. The van der Waals surface area contributed by atoms with Crippen molar-refractivity contribution in [1.82, 2.24) is 0 Å². The van der Waals surface area contributed by atoms with Gasteiger partial charge in [-0.05, 0) is 84.6 Å². The highest BCUT2D eigenvalue weighted by Crippen LogP contribution is 2.40. The van der Waals surface area contributed by atoms with Crippen molar-refractivity contribution in [3.8, 4) is 22.3 Å². The first-order chi connectivity index (χ1) is 14.8. The molecule has 30 heavy (non-hydrogen) atoms. The Balaban J connectivity index is 1.47. The summed E-state index contributed by atoms with van der Waals surface area (Å²) in [5.41, 5.74) is 8.25. The van der Waals surface area contributed by atoms with E-state index >= 15 is 0 Å². The summed E-state index contributed by atoms with van der Waals surface area (Å²) in [5.74, 6) is 0. The van der Waals surface area contributed by atoms with Crippen LogP contribution in [0.1, 0.15) is 11.1 Å². The smallest absolute Gasteiger partial charge is 0.00206 e. The van der Waals surface area contributed by atoms with Gasteiger partial charge >= 0.3 is 0 Å². The molecule has 0 unspecified atom stereocenters. The summed E-state index contributed by atoms with van der Waals surface area (Å²) in [4.78, 5) is 0. The molecule has 0 saturated heterocycles. The third kappa shape index (κ3) is 2.22. The molecule has 0 spiro atoms. The van der Waals surface area contributed by atoms with E-state index in [1.54, 1.807) is 0 Å². The molecule has 0 N–H and O–H groups in total. The summed E-state index contributed by atoms with van der Waals surface area (Å²) in [6.07, 6.45) is 2.45. The third-order valence-corrected chi connectivity index (χ3v) is 6.91. The lowest BCUT2D eigenvalue weighted by atomic mass is 9.85. The van der Waals surface area contributed by atoms with Gasteiger partial charge in [-0.3, -0.25) is 0 Å². The van der Waals surface area contributed by atoms with Crippen molar-refractivity contribution in [3.63, 3.8) is 0 Å². The Bertz CT molecular complexity index is 1570. The van der Waals surface area contributed by atoms with Crippen LogP contribution < -0.4 is 0 Å². The van der Waals surface area contributed by atoms with Crippen LogP contribution in [0, 0.1) is 0 Å². The fourth-order valence-electron chi connectivity index (χ4n) is 5.23. The van der Waals surface area contributed by atoms with Gasteiger partial charge in [-0.15, -0.1) is 0 Å². The van der Waals surface area contributed by atoms with Crippen molar-refractivity contribution in [2.24, 2.45) is 0 Å². The molecule has 0 radical (unpaired) electrons. The summed E-state index contributed by atoms with van der Waals surface area (Å²) in [6, 6.07) is 36.2. The summed E-state index contributed by atoms with van der Waals surface area (Å²) in [5, 5.41) is 8.06. The Morgan fingerprint density at radius 1 is 0.433 bits per heavy atom. The van der Waals surface area contributed by atoms with E-state index in [0.29, 0.717) is 0 Å². The van der Waals surface area contributed by atoms with E-state index in [0.717, 1.165) is 0 Å². The van der Waals surface area contributed by atoms with Crippen LogP contribution in [-0.2, 0) is 12.8 Å². The van der Waals surface area contributed by atoms with Crippen LogP contribution in [0.25, 0.3) is 54.6 Å². The van der Waals surface area contributed by atoms with E-state index in [9.17, 15) is 0 Å². The maximum atomic E-state index is 2.38. The molecule has 6 aromatic carbocycles. The second kappa shape index (κ2) is 5.93. The van der Waals surface area contributed by atoms with Crippen molar-refractivity contribution in [2.75, 3.05) is 0 Å². The number of fused-ring (bicyclic) bond motifs is 1. The molecule has 0 fully saturated rings. The van der Waals surface area contributed by atoms with Gasteiger partial charge in [-0.25, -0.2) is 0 Å².